The number of fused-ring (bicyclic) bond motifs is 1. The summed E-state index contributed by atoms with van der Waals surface area (Å²) in [6, 6.07) is 8.22. The van der Waals surface area contributed by atoms with E-state index in [1.54, 1.807) is 0 Å². The van der Waals surface area contributed by atoms with Gasteiger partial charge in [-0.2, -0.15) is 5.10 Å². The molecule has 0 radical (unpaired) electrons. The third kappa shape index (κ3) is 2.42. The lowest BCUT2D eigenvalue weighted by Crippen LogP contribution is -2.60. The molecule has 21 heavy (non-hydrogen) atoms. The van der Waals surface area contributed by atoms with Crippen molar-refractivity contribution in [3.8, 4) is 0 Å². The van der Waals surface area contributed by atoms with Gasteiger partial charge in [0.1, 0.15) is 0 Å². The largest absolute Gasteiger partial charge is 0.334 e. The van der Waals surface area contributed by atoms with Gasteiger partial charge in [-0.3, -0.25) is 9.48 Å². The molecule has 2 aromatic rings. The van der Waals surface area contributed by atoms with Crippen molar-refractivity contribution in [3.05, 3.63) is 30.0 Å². The molecule has 1 aromatic carbocycles. The maximum absolute atomic E-state index is 12.5. The van der Waals surface area contributed by atoms with E-state index in [0.717, 1.165) is 36.2 Å². The van der Waals surface area contributed by atoms with Crippen molar-refractivity contribution < 1.29 is 4.79 Å². The minimum Gasteiger partial charge on any atom is -0.334 e. The number of rotatable bonds is 3. The van der Waals surface area contributed by atoms with Crippen molar-refractivity contribution in [2.45, 2.75) is 39.4 Å². The predicted molar refractivity (Wildman–Crippen MR) is 82.9 cm³/mol. The third-order valence-electron chi connectivity index (χ3n) is 4.15. The van der Waals surface area contributed by atoms with E-state index >= 15 is 0 Å². The molecule has 0 unspecified atom stereocenters. The van der Waals surface area contributed by atoms with Gasteiger partial charge in [0, 0.05) is 25.0 Å². The molecule has 1 aromatic heterocycles. The Bertz CT molecular complexity index is 674. The van der Waals surface area contributed by atoms with Crippen molar-refractivity contribution in [1.29, 1.82) is 0 Å². The normalized spacial score (nSPS) is 18.4. The highest BCUT2D eigenvalue weighted by Crippen LogP contribution is 2.22. The molecule has 5 heteroatoms. The van der Waals surface area contributed by atoms with E-state index in [4.69, 9.17) is 0 Å². The first-order valence-corrected chi connectivity index (χ1v) is 7.52. The molecule has 0 spiro atoms. The summed E-state index contributed by atoms with van der Waals surface area (Å²) in [5.41, 5.74) is 1.64. The summed E-state index contributed by atoms with van der Waals surface area (Å²) in [7, 11) is 0. The molecular formula is C16H22N4O. The number of carbonyl (C=O) groups is 1. The van der Waals surface area contributed by atoms with Gasteiger partial charge in [-0.05, 0) is 26.8 Å². The number of aryl methyl sites for hydroxylation is 1. The zero-order chi connectivity index (χ0) is 15.0. The van der Waals surface area contributed by atoms with Crippen LogP contribution in [-0.2, 0) is 17.9 Å². The van der Waals surface area contributed by atoms with Gasteiger partial charge in [0.25, 0.3) is 0 Å². The molecule has 0 saturated carbocycles. The fourth-order valence-electron chi connectivity index (χ4n) is 2.96. The van der Waals surface area contributed by atoms with E-state index in [1.807, 2.05) is 35.6 Å². The monoisotopic (exact) mass is 286 g/mol. The summed E-state index contributed by atoms with van der Waals surface area (Å²) >= 11 is 0. The summed E-state index contributed by atoms with van der Waals surface area (Å²) in [5.74, 6) is 0.142. The number of hydrogen-bond donors (Lipinski definition) is 1. The molecule has 3 rings (SSSR count). The molecule has 1 amide bonds. The van der Waals surface area contributed by atoms with Gasteiger partial charge in [0.15, 0.2) is 0 Å². The molecule has 0 aliphatic carbocycles. The second-order valence-electron chi connectivity index (χ2n) is 6.06. The van der Waals surface area contributed by atoms with Gasteiger partial charge in [0.05, 0.1) is 23.3 Å². The summed E-state index contributed by atoms with van der Waals surface area (Å²) in [6.45, 7) is 8.93. The molecule has 1 fully saturated rings. The first-order chi connectivity index (χ1) is 10.0. The molecule has 0 atom stereocenters. The van der Waals surface area contributed by atoms with Crippen LogP contribution in [-0.4, -0.2) is 39.2 Å². The van der Waals surface area contributed by atoms with Crippen molar-refractivity contribution in [1.82, 2.24) is 20.0 Å². The third-order valence-corrected chi connectivity index (χ3v) is 4.15. The van der Waals surface area contributed by atoms with Crippen LogP contribution in [0.25, 0.3) is 10.9 Å². The van der Waals surface area contributed by atoms with E-state index in [-0.39, 0.29) is 5.91 Å². The zero-order valence-corrected chi connectivity index (χ0v) is 12.9. The molecule has 1 aliphatic rings. The Morgan fingerprint density at radius 1 is 1.33 bits per heavy atom. The van der Waals surface area contributed by atoms with E-state index in [9.17, 15) is 4.79 Å². The molecular weight excluding hydrogens is 264 g/mol. The molecule has 1 aliphatic heterocycles. The average Bonchev–Trinajstić information content (AvgIpc) is 2.82. The van der Waals surface area contributed by atoms with Crippen molar-refractivity contribution in [2.75, 3.05) is 13.1 Å². The number of amides is 1. The number of nitrogens with one attached hydrogen (secondary N) is 1. The highest BCUT2D eigenvalue weighted by molar-refractivity contribution is 5.87. The maximum Gasteiger partial charge on any atom is 0.242 e. The van der Waals surface area contributed by atoms with Crippen molar-refractivity contribution in [2.24, 2.45) is 0 Å². The SMILES string of the molecule is CCn1nc(CN2CCNC(C)(C)C2=O)c2ccccc21. The maximum atomic E-state index is 12.5. The van der Waals surface area contributed by atoms with E-state index in [0.29, 0.717) is 6.54 Å². The van der Waals surface area contributed by atoms with Crippen LogP contribution < -0.4 is 5.32 Å². The highest BCUT2D eigenvalue weighted by atomic mass is 16.2. The van der Waals surface area contributed by atoms with Crippen LogP contribution in [0, 0.1) is 0 Å². The van der Waals surface area contributed by atoms with Crippen LogP contribution >= 0.6 is 0 Å². The van der Waals surface area contributed by atoms with E-state index in [2.05, 4.69) is 29.5 Å². The van der Waals surface area contributed by atoms with Crippen LogP contribution in [0.3, 0.4) is 0 Å². The summed E-state index contributed by atoms with van der Waals surface area (Å²) < 4.78 is 2.00. The van der Waals surface area contributed by atoms with Gasteiger partial charge >= 0.3 is 0 Å². The quantitative estimate of drug-likeness (QED) is 0.935. The van der Waals surface area contributed by atoms with Gasteiger partial charge in [0.2, 0.25) is 5.91 Å². The van der Waals surface area contributed by atoms with Gasteiger partial charge in [-0.1, -0.05) is 18.2 Å². The van der Waals surface area contributed by atoms with Gasteiger partial charge in [-0.25, -0.2) is 0 Å². The smallest absolute Gasteiger partial charge is 0.242 e. The van der Waals surface area contributed by atoms with Crippen LogP contribution in [0.5, 0.6) is 0 Å². The standard InChI is InChI=1S/C16H22N4O/c1-4-20-14-8-6-5-7-12(14)13(18-20)11-19-10-9-17-16(2,3)15(19)21/h5-8,17H,4,9-11H2,1-3H3. The Morgan fingerprint density at radius 2 is 2.10 bits per heavy atom. The molecule has 2 heterocycles. The van der Waals surface area contributed by atoms with Crippen molar-refractivity contribution in [3.63, 3.8) is 0 Å². The Kier molecular flexibility index (Phi) is 3.45. The van der Waals surface area contributed by atoms with Crippen LogP contribution in [0.15, 0.2) is 24.3 Å². The summed E-state index contributed by atoms with van der Waals surface area (Å²) in [6.07, 6.45) is 0. The zero-order valence-electron chi connectivity index (χ0n) is 12.9. The number of carbonyl (C=O) groups excluding carboxylic acids is 1. The van der Waals surface area contributed by atoms with Gasteiger partial charge in [-0.15, -0.1) is 0 Å². The Labute approximate surface area is 124 Å². The second-order valence-corrected chi connectivity index (χ2v) is 6.06. The van der Waals surface area contributed by atoms with Crippen LogP contribution in [0.4, 0.5) is 0 Å². The number of para-hydroxylation sites is 1. The topological polar surface area (TPSA) is 50.2 Å². The van der Waals surface area contributed by atoms with Crippen LogP contribution in [0.2, 0.25) is 0 Å². The van der Waals surface area contributed by atoms with Gasteiger partial charge < -0.3 is 10.2 Å². The molecule has 5 nitrogen and oxygen atoms in total. The fourth-order valence-corrected chi connectivity index (χ4v) is 2.96. The van der Waals surface area contributed by atoms with E-state index < -0.39 is 5.54 Å². The number of nitrogens with zero attached hydrogens (tertiary/aromatic N) is 3. The Hall–Kier alpha value is -1.88. The Balaban J connectivity index is 1.93. The Morgan fingerprint density at radius 3 is 2.86 bits per heavy atom. The first-order valence-electron chi connectivity index (χ1n) is 7.52. The van der Waals surface area contributed by atoms with E-state index in [1.165, 1.54) is 0 Å². The summed E-state index contributed by atoms with van der Waals surface area (Å²) in [5, 5.41) is 9.09. The minimum atomic E-state index is -0.485. The van der Waals surface area contributed by atoms with Crippen LogP contribution in [0.1, 0.15) is 26.5 Å². The second kappa shape index (κ2) is 5.15. The average molecular weight is 286 g/mol. The van der Waals surface area contributed by atoms with Crippen molar-refractivity contribution >= 4 is 16.8 Å². The first kappa shape index (κ1) is 14.1. The molecule has 1 N–H and O–H groups in total. The number of benzene rings is 1. The fraction of sp³-hybridized carbons (Fsp3) is 0.500. The predicted octanol–water partition coefficient (Wildman–Crippen LogP) is 1.77. The molecule has 1 saturated heterocycles. The lowest BCUT2D eigenvalue weighted by molar-refractivity contribution is -0.140. The summed E-state index contributed by atoms with van der Waals surface area (Å²) in [4.78, 5) is 14.4. The lowest BCUT2D eigenvalue weighted by atomic mass is 10.0. The highest BCUT2D eigenvalue weighted by Gasteiger charge is 2.35. The lowest BCUT2D eigenvalue weighted by Gasteiger charge is -2.37. The number of aromatic nitrogens is 2. The number of hydrogen-bond acceptors (Lipinski definition) is 3. The number of piperazine rings is 1. The minimum absolute atomic E-state index is 0.142. The molecule has 0 bridgehead atoms. The molecule has 112 valence electrons.